The van der Waals surface area contributed by atoms with Crippen LogP contribution >= 0.6 is 0 Å². The van der Waals surface area contributed by atoms with Crippen LogP contribution in [0.25, 0.3) is 11.0 Å². The third-order valence-corrected chi connectivity index (χ3v) is 2.26. The van der Waals surface area contributed by atoms with E-state index in [1.807, 2.05) is 0 Å². The number of carbonyl (C=O) groups is 1. The van der Waals surface area contributed by atoms with Gasteiger partial charge in [0, 0.05) is 7.05 Å². The summed E-state index contributed by atoms with van der Waals surface area (Å²) < 4.78 is 14.9. The molecule has 4 nitrogen and oxygen atoms in total. The lowest BCUT2D eigenvalue weighted by atomic mass is 10.1. The Balaban J connectivity index is 2.54. The summed E-state index contributed by atoms with van der Waals surface area (Å²) in [7, 11) is 1.77. The number of hydrogen-bond donors (Lipinski definition) is 1. The van der Waals surface area contributed by atoms with Crippen LogP contribution in [0.4, 0.5) is 4.39 Å². The number of alkyl halides is 1. The van der Waals surface area contributed by atoms with Crippen molar-refractivity contribution in [3.63, 3.8) is 0 Å². The Morgan fingerprint density at radius 3 is 3.00 bits per heavy atom. The number of rotatable bonds is 2. The number of carboxylic acids is 1. The molecule has 0 aliphatic carbocycles. The number of aryl methyl sites for hydroxylation is 1. The predicted octanol–water partition coefficient (Wildman–Crippen LogP) is 1.67. The summed E-state index contributed by atoms with van der Waals surface area (Å²) in [5, 5.41) is 8.53. The molecule has 5 heteroatoms. The van der Waals surface area contributed by atoms with Gasteiger partial charge in [-0.2, -0.15) is 0 Å². The fraction of sp³-hybridized carbons (Fsp3) is 0.200. The Bertz CT molecular complexity index is 521. The van der Waals surface area contributed by atoms with E-state index in [1.165, 1.54) is 12.1 Å². The lowest BCUT2D eigenvalue weighted by molar-refractivity contribution is -0.143. The van der Waals surface area contributed by atoms with Crippen LogP contribution < -0.4 is 0 Å². The first-order valence-corrected chi connectivity index (χ1v) is 4.37. The van der Waals surface area contributed by atoms with Crippen LogP contribution in [0.1, 0.15) is 11.7 Å². The van der Waals surface area contributed by atoms with Gasteiger partial charge in [0.2, 0.25) is 6.17 Å². The van der Waals surface area contributed by atoms with E-state index in [1.54, 1.807) is 24.0 Å². The maximum Gasteiger partial charge on any atom is 0.343 e. The first-order chi connectivity index (χ1) is 7.09. The topological polar surface area (TPSA) is 55.1 Å². The molecule has 0 saturated carbocycles. The fourth-order valence-electron chi connectivity index (χ4n) is 1.44. The molecule has 0 aliphatic heterocycles. The largest absolute Gasteiger partial charge is 0.479 e. The number of imidazole rings is 1. The first kappa shape index (κ1) is 9.64. The molecule has 1 aromatic heterocycles. The van der Waals surface area contributed by atoms with Gasteiger partial charge >= 0.3 is 5.97 Å². The average molecular weight is 208 g/mol. The van der Waals surface area contributed by atoms with Crippen LogP contribution in [-0.2, 0) is 11.8 Å². The minimum atomic E-state index is -1.98. The zero-order chi connectivity index (χ0) is 11.0. The minimum Gasteiger partial charge on any atom is -0.479 e. The summed E-state index contributed by atoms with van der Waals surface area (Å²) >= 11 is 0. The molecule has 0 bridgehead atoms. The van der Waals surface area contributed by atoms with Gasteiger partial charge in [-0.25, -0.2) is 14.2 Å². The van der Waals surface area contributed by atoms with Crippen LogP contribution in [0.5, 0.6) is 0 Å². The second kappa shape index (κ2) is 3.34. The van der Waals surface area contributed by atoms with Crippen LogP contribution in [0.15, 0.2) is 24.5 Å². The van der Waals surface area contributed by atoms with Crippen molar-refractivity contribution in [2.45, 2.75) is 6.17 Å². The van der Waals surface area contributed by atoms with E-state index in [-0.39, 0.29) is 5.56 Å². The summed E-state index contributed by atoms with van der Waals surface area (Å²) in [6, 6.07) is 4.55. The van der Waals surface area contributed by atoms with Gasteiger partial charge in [-0.15, -0.1) is 0 Å². The van der Waals surface area contributed by atoms with Crippen LogP contribution in [-0.4, -0.2) is 20.6 Å². The Hall–Kier alpha value is -1.91. The summed E-state index contributed by atoms with van der Waals surface area (Å²) in [5.74, 6) is -1.48. The predicted molar refractivity (Wildman–Crippen MR) is 52.2 cm³/mol. The number of hydrogen-bond acceptors (Lipinski definition) is 2. The molecule has 0 radical (unpaired) electrons. The quantitative estimate of drug-likeness (QED) is 0.816. The van der Waals surface area contributed by atoms with Gasteiger partial charge in [0.1, 0.15) is 0 Å². The van der Waals surface area contributed by atoms with Gasteiger partial charge in [-0.3, -0.25) is 0 Å². The number of aliphatic carboxylic acids is 1. The number of benzene rings is 1. The second-order valence-corrected chi connectivity index (χ2v) is 3.30. The average Bonchev–Trinajstić information content (AvgIpc) is 2.59. The van der Waals surface area contributed by atoms with Gasteiger partial charge in [0.15, 0.2) is 0 Å². The first-order valence-electron chi connectivity index (χ1n) is 4.37. The molecule has 15 heavy (non-hydrogen) atoms. The van der Waals surface area contributed by atoms with Crippen molar-refractivity contribution >= 4 is 17.0 Å². The number of fused-ring (bicyclic) bond motifs is 1. The number of nitrogens with zero attached hydrogens (tertiary/aromatic N) is 2. The highest BCUT2D eigenvalue weighted by atomic mass is 19.1. The van der Waals surface area contributed by atoms with E-state index in [0.717, 1.165) is 11.0 Å². The molecule has 1 unspecified atom stereocenters. The van der Waals surface area contributed by atoms with Crippen molar-refractivity contribution in [2.24, 2.45) is 7.05 Å². The molecule has 2 rings (SSSR count). The molecule has 2 aromatic rings. The molecule has 78 valence electrons. The molecule has 1 N–H and O–H groups in total. The maximum atomic E-state index is 13.2. The lowest BCUT2D eigenvalue weighted by Gasteiger charge is -2.03. The van der Waals surface area contributed by atoms with Gasteiger partial charge in [-0.1, -0.05) is 6.07 Å². The van der Waals surface area contributed by atoms with Crippen molar-refractivity contribution in [1.82, 2.24) is 9.55 Å². The highest BCUT2D eigenvalue weighted by Gasteiger charge is 2.18. The van der Waals surface area contributed by atoms with E-state index in [9.17, 15) is 9.18 Å². The van der Waals surface area contributed by atoms with Gasteiger partial charge in [0.25, 0.3) is 0 Å². The Morgan fingerprint density at radius 1 is 1.60 bits per heavy atom. The summed E-state index contributed by atoms with van der Waals surface area (Å²) in [5.41, 5.74) is 1.58. The Labute approximate surface area is 85.0 Å². The number of carboxylic acid groups (broad SMARTS) is 1. The second-order valence-electron chi connectivity index (χ2n) is 3.30. The molecule has 0 spiro atoms. The van der Waals surface area contributed by atoms with Crippen molar-refractivity contribution in [1.29, 1.82) is 0 Å². The van der Waals surface area contributed by atoms with E-state index in [0.29, 0.717) is 0 Å². The van der Waals surface area contributed by atoms with E-state index in [2.05, 4.69) is 4.98 Å². The maximum absolute atomic E-state index is 13.2. The minimum absolute atomic E-state index is 0.138. The number of aromatic nitrogens is 2. The molecule has 1 aromatic carbocycles. The van der Waals surface area contributed by atoms with Crippen molar-refractivity contribution in [3.8, 4) is 0 Å². The van der Waals surface area contributed by atoms with Gasteiger partial charge in [-0.05, 0) is 17.7 Å². The molecule has 0 saturated heterocycles. The summed E-state index contributed by atoms with van der Waals surface area (Å²) in [6.07, 6.45) is -0.382. The third kappa shape index (κ3) is 1.56. The van der Waals surface area contributed by atoms with Gasteiger partial charge in [0.05, 0.1) is 17.4 Å². The van der Waals surface area contributed by atoms with Crippen molar-refractivity contribution in [2.75, 3.05) is 0 Å². The molecule has 1 heterocycles. The summed E-state index contributed by atoms with van der Waals surface area (Å²) in [6.45, 7) is 0. The fourth-order valence-corrected chi connectivity index (χ4v) is 1.44. The van der Waals surface area contributed by atoms with Crippen molar-refractivity contribution in [3.05, 3.63) is 30.1 Å². The third-order valence-electron chi connectivity index (χ3n) is 2.26. The van der Waals surface area contributed by atoms with Crippen molar-refractivity contribution < 1.29 is 14.3 Å². The van der Waals surface area contributed by atoms with Crippen LogP contribution in [0.3, 0.4) is 0 Å². The monoisotopic (exact) mass is 208 g/mol. The molecule has 0 aliphatic rings. The molecular weight excluding hydrogens is 199 g/mol. The zero-order valence-electron chi connectivity index (χ0n) is 8.01. The smallest absolute Gasteiger partial charge is 0.343 e. The molecule has 1 atom stereocenters. The highest BCUT2D eigenvalue weighted by molar-refractivity contribution is 5.80. The molecule has 0 fully saturated rings. The standard InChI is InChI=1S/C10H9FN2O2/c1-13-5-12-7-3-2-6(4-8(7)13)9(11)10(14)15/h2-5,9H,1H3,(H,14,15). The highest BCUT2D eigenvalue weighted by Crippen LogP contribution is 2.22. The SMILES string of the molecule is Cn1cnc2ccc(C(F)C(=O)O)cc21. The Morgan fingerprint density at radius 2 is 2.33 bits per heavy atom. The van der Waals surface area contributed by atoms with Gasteiger partial charge < -0.3 is 9.67 Å². The molecule has 0 amide bonds. The lowest BCUT2D eigenvalue weighted by Crippen LogP contribution is -2.05. The van der Waals surface area contributed by atoms with E-state index >= 15 is 0 Å². The van der Waals surface area contributed by atoms with E-state index in [4.69, 9.17) is 5.11 Å². The molecular formula is C10H9FN2O2. The van der Waals surface area contributed by atoms with Crippen LogP contribution in [0.2, 0.25) is 0 Å². The summed E-state index contributed by atoms with van der Waals surface area (Å²) in [4.78, 5) is 14.5. The van der Waals surface area contributed by atoms with Crippen LogP contribution in [0, 0.1) is 0 Å². The Kier molecular flexibility index (Phi) is 2.15. The zero-order valence-corrected chi connectivity index (χ0v) is 8.01. The number of halogens is 1. The van der Waals surface area contributed by atoms with E-state index < -0.39 is 12.1 Å². The normalized spacial score (nSPS) is 12.9.